The van der Waals surface area contributed by atoms with Crippen molar-refractivity contribution in [3.8, 4) is 11.5 Å². The van der Waals surface area contributed by atoms with Gasteiger partial charge in [-0.2, -0.15) is 13.2 Å². The fraction of sp³-hybridized carbons (Fsp3) is 0.103. The number of hydrogen-bond acceptors (Lipinski definition) is 6. The van der Waals surface area contributed by atoms with Crippen LogP contribution in [0.2, 0.25) is 0 Å². The Hall–Kier alpha value is -5.17. The summed E-state index contributed by atoms with van der Waals surface area (Å²) in [6, 6.07) is 12.2. The smallest absolute Gasteiger partial charge is 0.418 e. The molecule has 6 rings (SSSR count). The summed E-state index contributed by atoms with van der Waals surface area (Å²) in [5, 5.41) is 5.67. The third-order valence-electron chi connectivity index (χ3n) is 6.63. The van der Waals surface area contributed by atoms with Gasteiger partial charge in [-0.15, -0.1) is 11.3 Å². The number of rotatable bonds is 6. The van der Waals surface area contributed by atoms with E-state index in [1.54, 1.807) is 36.4 Å². The summed E-state index contributed by atoms with van der Waals surface area (Å²) in [4.78, 5) is 45.7. The van der Waals surface area contributed by atoms with Gasteiger partial charge in [0.2, 0.25) is 5.91 Å². The molecule has 4 heterocycles. The summed E-state index contributed by atoms with van der Waals surface area (Å²) in [5.74, 6) is -0.539. The van der Waals surface area contributed by atoms with Gasteiger partial charge in [-0.05, 0) is 48.6 Å². The molecule has 2 aromatic carbocycles. The molecule has 2 aromatic heterocycles. The Morgan fingerprint density at radius 3 is 2.62 bits per heavy atom. The summed E-state index contributed by atoms with van der Waals surface area (Å²) in [5.41, 5.74) is -0.728. The maximum atomic E-state index is 14.3. The minimum atomic E-state index is -4.83. The van der Waals surface area contributed by atoms with Crippen LogP contribution in [0.1, 0.15) is 15.2 Å². The van der Waals surface area contributed by atoms with Crippen LogP contribution in [0.3, 0.4) is 0 Å². The van der Waals surface area contributed by atoms with Crippen molar-refractivity contribution in [2.75, 3.05) is 23.3 Å². The van der Waals surface area contributed by atoms with Gasteiger partial charge in [-0.25, -0.2) is 9.78 Å². The zero-order valence-corrected chi connectivity index (χ0v) is 22.4. The molecular weight excluding hydrogens is 571 g/mol. The molecular formula is C29H20F3N5O4S. The molecule has 0 bridgehead atoms. The van der Waals surface area contributed by atoms with E-state index in [1.807, 2.05) is 0 Å². The normalized spacial score (nSPS) is 14.5. The van der Waals surface area contributed by atoms with E-state index in [1.165, 1.54) is 35.4 Å². The summed E-state index contributed by atoms with van der Waals surface area (Å²) in [7, 11) is 0. The highest BCUT2D eigenvalue weighted by atomic mass is 32.1. The van der Waals surface area contributed by atoms with Crippen molar-refractivity contribution in [1.82, 2.24) is 15.2 Å². The average Bonchev–Trinajstić information content (AvgIpc) is 3.59. The first kappa shape index (κ1) is 27.0. The van der Waals surface area contributed by atoms with Crippen molar-refractivity contribution in [1.29, 1.82) is 0 Å². The molecule has 9 nitrogen and oxygen atoms in total. The molecule has 13 heteroatoms. The topological polar surface area (TPSA) is 104 Å². The predicted octanol–water partition coefficient (Wildman–Crippen LogP) is 6.43. The van der Waals surface area contributed by atoms with Crippen LogP contribution in [0.15, 0.2) is 85.2 Å². The lowest BCUT2D eigenvalue weighted by molar-refractivity contribution is -0.137. The summed E-state index contributed by atoms with van der Waals surface area (Å²) < 4.78 is 48.6. The number of anilines is 3. The number of amides is 4. The molecule has 2 aliphatic heterocycles. The van der Waals surface area contributed by atoms with Crippen LogP contribution in [-0.4, -0.2) is 40.8 Å². The number of carbonyl (C=O) groups excluding carboxylic acids is 3. The van der Waals surface area contributed by atoms with E-state index in [-0.39, 0.29) is 34.5 Å². The number of ether oxygens (including phenoxy) is 1. The highest BCUT2D eigenvalue weighted by molar-refractivity contribution is 7.21. The molecule has 4 aromatic rings. The van der Waals surface area contributed by atoms with Gasteiger partial charge in [-0.3, -0.25) is 14.5 Å². The van der Waals surface area contributed by atoms with E-state index in [0.29, 0.717) is 28.2 Å². The fourth-order valence-electron chi connectivity index (χ4n) is 4.75. The zero-order chi connectivity index (χ0) is 29.6. The second kappa shape index (κ2) is 10.3. The van der Waals surface area contributed by atoms with Crippen LogP contribution < -0.4 is 20.3 Å². The first-order valence-electron chi connectivity index (χ1n) is 12.5. The fourth-order valence-corrected chi connectivity index (χ4v) is 5.77. The summed E-state index contributed by atoms with van der Waals surface area (Å²) in [6.07, 6.45) is -0.597. The molecule has 0 spiro atoms. The number of nitrogens with one attached hydrogen (secondary N) is 2. The van der Waals surface area contributed by atoms with Gasteiger partial charge in [0.1, 0.15) is 21.2 Å². The maximum Gasteiger partial charge on any atom is 0.418 e. The average molecular weight is 592 g/mol. The van der Waals surface area contributed by atoms with E-state index < -0.39 is 29.4 Å². The lowest BCUT2D eigenvalue weighted by Crippen LogP contribution is -2.36. The predicted molar refractivity (Wildman–Crippen MR) is 151 cm³/mol. The van der Waals surface area contributed by atoms with Crippen LogP contribution in [0, 0.1) is 0 Å². The maximum absolute atomic E-state index is 14.3. The Balaban J connectivity index is 1.36. The summed E-state index contributed by atoms with van der Waals surface area (Å²) in [6.45, 7) is 3.93. The second-order valence-corrected chi connectivity index (χ2v) is 10.3. The first-order chi connectivity index (χ1) is 20.1. The van der Waals surface area contributed by atoms with Crippen molar-refractivity contribution >= 4 is 56.5 Å². The van der Waals surface area contributed by atoms with Gasteiger partial charge in [0.25, 0.3) is 5.91 Å². The molecule has 0 unspecified atom stereocenters. The third kappa shape index (κ3) is 4.83. The minimum Gasteiger partial charge on any atom is -0.457 e. The molecule has 0 saturated carbocycles. The van der Waals surface area contributed by atoms with Crippen molar-refractivity contribution in [2.24, 2.45) is 0 Å². The highest BCUT2D eigenvalue weighted by Crippen LogP contribution is 2.48. The van der Waals surface area contributed by atoms with Gasteiger partial charge in [-0.1, -0.05) is 24.8 Å². The second-order valence-electron chi connectivity index (χ2n) is 9.28. The highest BCUT2D eigenvalue weighted by Gasteiger charge is 2.40. The van der Waals surface area contributed by atoms with Gasteiger partial charge >= 0.3 is 12.2 Å². The van der Waals surface area contributed by atoms with Crippen LogP contribution in [0.4, 0.5) is 35.0 Å². The first-order valence-corrected chi connectivity index (χ1v) is 13.3. The van der Waals surface area contributed by atoms with E-state index in [2.05, 4.69) is 22.2 Å². The molecule has 42 heavy (non-hydrogen) atoms. The Bertz CT molecular complexity index is 1800. The van der Waals surface area contributed by atoms with Crippen molar-refractivity contribution in [2.45, 2.75) is 6.18 Å². The molecule has 4 amide bonds. The monoisotopic (exact) mass is 591 g/mol. The number of benzene rings is 2. The lowest BCUT2D eigenvalue weighted by Gasteiger charge is -2.30. The molecule has 0 fully saturated rings. The number of halogens is 3. The number of alkyl halides is 3. The number of carbonyl (C=O) groups is 3. The molecule has 0 radical (unpaired) electrons. The largest absolute Gasteiger partial charge is 0.457 e. The van der Waals surface area contributed by atoms with E-state index in [9.17, 15) is 27.6 Å². The Morgan fingerprint density at radius 2 is 1.88 bits per heavy atom. The number of aromatic nitrogens is 1. The van der Waals surface area contributed by atoms with Gasteiger partial charge in [0.15, 0.2) is 0 Å². The van der Waals surface area contributed by atoms with E-state index >= 15 is 0 Å². The van der Waals surface area contributed by atoms with Gasteiger partial charge < -0.3 is 20.3 Å². The quantitative estimate of drug-likeness (QED) is 0.252. The molecule has 0 aliphatic carbocycles. The Morgan fingerprint density at radius 1 is 1.10 bits per heavy atom. The lowest BCUT2D eigenvalue weighted by atomic mass is 10.1. The Kier molecular flexibility index (Phi) is 6.65. The zero-order valence-electron chi connectivity index (χ0n) is 21.6. The van der Waals surface area contributed by atoms with Crippen LogP contribution in [0.5, 0.6) is 11.5 Å². The molecule has 2 aliphatic rings. The SMILES string of the molecule is C=CC(=O)N1CC=C(NC(=O)c2sc3nccc4c3c2NC(=O)N4c2ccc(Oc3ccccc3)cc2C(F)(F)F)C1. The molecule has 2 N–H and O–H groups in total. The van der Waals surface area contributed by atoms with Gasteiger partial charge in [0, 0.05) is 18.4 Å². The van der Waals surface area contributed by atoms with E-state index in [4.69, 9.17) is 4.74 Å². The number of pyridine rings is 1. The number of para-hydroxylation sites is 1. The van der Waals surface area contributed by atoms with Crippen LogP contribution in [-0.2, 0) is 11.0 Å². The Labute approximate surface area is 240 Å². The van der Waals surface area contributed by atoms with Gasteiger partial charge in [0.05, 0.1) is 34.6 Å². The number of nitrogens with zero attached hydrogens (tertiary/aromatic N) is 3. The number of hydrogen-bond donors (Lipinski definition) is 2. The molecule has 212 valence electrons. The molecule has 0 atom stereocenters. The van der Waals surface area contributed by atoms with Crippen LogP contribution in [0.25, 0.3) is 10.2 Å². The minimum absolute atomic E-state index is 0.0562. The van der Waals surface area contributed by atoms with Crippen molar-refractivity contribution in [3.63, 3.8) is 0 Å². The summed E-state index contributed by atoms with van der Waals surface area (Å²) >= 11 is 0.988. The standard InChI is InChI=1S/C29H20F3N5O4S/c1-2-22(38)36-13-11-16(15-36)34-26(39)25-24-23-21(10-12-33-27(23)42-25)37(28(40)35-24)20-9-8-18(14-19(20)29(30,31)32)41-17-6-4-3-5-7-17/h2-12,14H,1,13,15H2,(H,34,39)(H,35,40). The van der Waals surface area contributed by atoms with Crippen molar-refractivity contribution in [3.05, 3.63) is 95.7 Å². The number of urea groups is 1. The third-order valence-corrected chi connectivity index (χ3v) is 7.72. The molecule has 0 saturated heterocycles. The van der Waals surface area contributed by atoms with E-state index in [0.717, 1.165) is 22.3 Å². The van der Waals surface area contributed by atoms with Crippen LogP contribution >= 0.6 is 11.3 Å². The number of thiophene rings is 1. The van der Waals surface area contributed by atoms with Crippen molar-refractivity contribution < 1.29 is 32.3 Å².